The number of ether oxygens (including phenoxy) is 1. The quantitative estimate of drug-likeness (QED) is 0.649. The fourth-order valence-corrected chi connectivity index (χ4v) is 3.73. The summed E-state index contributed by atoms with van der Waals surface area (Å²) in [6.45, 7) is 0.750. The summed E-state index contributed by atoms with van der Waals surface area (Å²) < 4.78 is 43.8. The fourth-order valence-electron chi connectivity index (χ4n) is 3.53. The highest BCUT2D eigenvalue weighted by Crippen LogP contribution is 2.32. The summed E-state index contributed by atoms with van der Waals surface area (Å²) in [5, 5.41) is 6.12. The molecule has 1 aromatic heterocycles. The van der Waals surface area contributed by atoms with Crippen molar-refractivity contribution >= 4 is 23.3 Å². The molecule has 1 aromatic carbocycles. The number of rotatable bonds is 6. The number of hydrogen-bond donors (Lipinski definition) is 2. The number of aromatic nitrogens is 1. The maximum absolute atomic E-state index is 12.9. The lowest BCUT2D eigenvalue weighted by atomic mass is 9.86. The first-order valence-corrected chi connectivity index (χ1v) is 10.1. The first-order chi connectivity index (χ1) is 14.3. The van der Waals surface area contributed by atoms with E-state index in [0.717, 1.165) is 56.2 Å². The van der Waals surface area contributed by atoms with Gasteiger partial charge >= 0.3 is 6.18 Å². The van der Waals surface area contributed by atoms with Gasteiger partial charge in [0.2, 0.25) is 5.88 Å². The Morgan fingerprint density at radius 1 is 1.20 bits per heavy atom. The van der Waals surface area contributed by atoms with E-state index in [2.05, 4.69) is 15.6 Å². The van der Waals surface area contributed by atoms with Crippen molar-refractivity contribution < 1.29 is 22.7 Å². The fraction of sp³-hybridized carbons (Fsp3) is 0.429. The molecule has 30 heavy (non-hydrogen) atoms. The summed E-state index contributed by atoms with van der Waals surface area (Å²) in [6.07, 6.45) is -1.25. The van der Waals surface area contributed by atoms with Crippen molar-refractivity contribution in [1.82, 2.24) is 10.3 Å². The number of carbonyl (C=O) groups is 1. The van der Waals surface area contributed by atoms with Crippen LogP contribution in [-0.2, 0) is 6.18 Å². The predicted molar refractivity (Wildman–Crippen MR) is 109 cm³/mol. The first kappa shape index (κ1) is 22.2. The number of nitrogens with zero attached hydrogens (tertiary/aromatic N) is 1. The average Bonchev–Trinajstić information content (AvgIpc) is 2.73. The van der Waals surface area contributed by atoms with Crippen molar-refractivity contribution in [3.05, 3.63) is 52.5 Å². The van der Waals surface area contributed by atoms with Crippen LogP contribution in [0, 0.1) is 5.92 Å². The molecule has 2 N–H and O–H groups in total. The standard InChI is InChI=1S/C21H23ClF3N3O2/c1-30-19-4-2-3-18(28-19)26-12-13-5-8-15(9-6-13)27-20(29)16-11-14(21(23,24)25)7-10-17(16)22/h2-4,7,10-11,13,15H,5-6,8-9,12H2,1H3,(H,26,28)(H,27,29). The van der Waals surface area contributed by atoms with E-state index >= 15 is 0 Å². The van der Waals surface area contributed by atoms with E-state index in [4.69, 9.17) is 16.3 Å². The van der Waals surface area contributed by atoms with Gasteiger partial charge < -0.3 is 15.4 Å². The maximum atomic E-state index is 12.9. The summed E-state index contributed by atoms with van der Waals surface area (Å²) in [6, 6.07) is 8.19. The van der Waals surface area contributed by atoms with E-state index in [0.29, 0.717) is 11.8 Å². The molecule has 1 amide bonds. The molecule has 2 aromatic rings. The van der Waals surface area contributed by atoms with Crippen molar-refractivity contribution in [3.63, 3.8) is 0 Å². The maximum Gasteiger partial charge on any atom is 0.416 e. The summed E-state index contributed by atoms with van der Waals surface area (Å²) >= 11 is 5.95. The van der Waals surface area contributed by atoms with Crippen LogP contribution < -0.4 is 15.4 Å². The molecule has 0 spiro atoms. The third kappa shape index (κ3) is 5.78. The highest BCUT2D eigenvalue weighted by atomic mass is 35.5. The van der Waals surface area contributed by atoms with Crippen LogP contribution >= 0.6 is 11.6 Å². The van der Waals surface area contributed by atoms with Crippen LogP contribution in [0.5, 0.6) is 5.88 Å². The molecule has 5 nitrogen and oxygen atoms in total. The minimum atomic E-state index is -4.53. The summed E-state index contributed by atoms with van der Waals surface area (Å²) in [7, 11) is 1.56. The van der Waals surface area contributed by atoms with Gasteiger partial charge in [-0.05, 0) is 55.9 Å². The Morgan fingerprint density at radius 2 is 1.93 bits per heavy atom. The SMILES string of the molecule is COc1cccc(NCC2CCC(NC(=O)c3cc(C(F)(F)F)ccc3Cl)CC2)n1. The third-order valence-electron chi connectivity index (χ3n) is 5.22. The van der Waals surface area contributed by atoms with Gasteiger partial charge in [0.25, 0.3) is 5.91 Å². The largest absolute Gasteiger partial charge is 0.481 e. The van der Waals surface area contributed by atoms with E-state index in [1.807, 2.05) is 12.1 Å². The van der Waals surface area contributed by atoms with Gasteiger partial charge in [-0.1, -0.05) is 17.7 Å². The molecule has 3 rings (SSSR count). The third-order valence-corrected chi connectivity index (χ3v) is 5.55. The van der Waals surface area contributed by atoms with Crippen LogP contribution in [0.2, 0.25) is 5.02 Å². The Bertz CT molecular complexity index is 884. The van der Waals surface area contributed by atoms with E-state index in [1.165, 1.54) is 0 Å². The van der Waals surface area contributed by atoms with Crippen LogP contribution in [-0.4, -0.2) is 30.6 Å². The molecule has 0 unspecified atom stereocenters. The Morgan fingerprint density at radius 3 is 2.60 bits per heavy atom. The lowest BCUT2D eigenvalue weighted by molar-refractivity contribution is -0.137. The molecule has 0 saturated heterocycles. The molecule has 1 heterocycles. The average molecular weight is 442 g/mol. The number of hydrogen-bond acceptors (Lipinski definition) is 4. The molecule has 1 saturated carbocycles. The van der Waals surface area contributed by atoms with Crippen molar-refractivity contribution in [1.29, 1.82) is 0 Å². The van der Waals surface area contributed by atoms with Crippen LogP contribution in [0.1, 0.15) is 41.6 Å². The Balaban J connectivity index is 1.50. The highest BCUT2D eigenvalue weighted by molar-refractivity contribution is 6.33. The van der Waals surface area contributed by atoms with Crippen molar-refractivity contribution in [2.45, 2.75) is 37.9 Å². The predicted octanol–water partition coefficient (Wildman–Crippen LogP) is 5.16. The molecule has 1 aliphatic carbocycles. The zero-order valence-corrected chi connectivity index (χ0v) is 17.2. The molecule has 0 bridgehead atoms. The monoisotopic (exact) mass is 441 g/mol. The van der Waals surface area contributed by atoms with E-state index in [-0.39, 0.29) is 16.6 Å². The van der Waals surface area contributed by atoms with E-state index in [9.17, 15) is 18.0 Å². The van der Waals surface area contributed by atoms with Crippen LogP contribution in [0.3, 0.4) is 0 Å². The summed E-state index contributed by atoms with van der Waals surface area (Å²) in [5.41, 5.74) is -1.04. The van der Waals surface area contributed by atoms with Gasteiger partial charge in [-0.2, -0.15) is 18.2 Å². The second kappa shape index (κ2) is 9.55. The van der Waals surface area contributed by atoms with E-state index in [1.54, 1.807) is 13.2 Å². The van der Waals surface area contributed by atoms with Crippen LogP contribution in [0.25, 0.3) is 0 Å². The van der Waals surface area contributed by atoms with Gasteiger partial charge in [-0.15, -0.1) is 0 Å². The molecule has 0 radical (unpaired) electrons. The second-order valence-corrected chi connectivity index (χ2v) is 7.74. The Hall–Kier alpha value is -2.48. The molecule has 1 fully saturated rings. The number of alkyl halides is 3. The number of benzene rings is 1. The van der Waals surface area contributed by atoms with Crippen molar-refractivity contribution in [3.8, 4) is 5.88 Å². The molecule has 1 aliphatic rings. The van der Waals surface area contributed by atoms with E-state index < -0.39 is 17.6 Å². The molecule has 0 aliphatic heterocycles. The normalized spacial score (nSPS) is 19.2. The number of anilines is 1. The zero-order valence-electron chi connectivity index (χ0n) is 16.4. The van der Waals surface area contributed by atoms with Gasteiger partial charge in [-0.3, -0.25) is 4.79 Å². The van der Waals surface area contributed by atoms with Crippen molar-refractivity contribution in [2.75, 3.05) is 19.0 Å². The number of amides is 1. The molecular formula is C21H23ClF3N3O2. The molecular weight excluding hydrogens is 419 g/mol. The zero-order chi connectivity index (χ0) is 21.7. The topological polar surface area (TPSA) is 63.2 Å². The summed E-state index contributed by atoms with van der Waals surface area (Å²) in [4.78, 5) is 16.8. The summed E-state index contributed by atoms with van der Waals surface area (Å²) in [5.74, 6) is 1.13. The van der Waals surface area contributed by atoms with Gasteiger partial charge in [-0.25, -0.2) is 0 Å². The molecule has 9 heteroatoms. The minimum absolute atomic E-state index is 0.00387. The second-order valence-electron chi connectivity index (χ2n) is 7.33. The highest BCUT2D eigenvalue weighted by Gasteiger charge is 2.32. The lowest BCUT2D eigenvalue weighted by Gasteiger charge is -2.29. The number of methoxy groups -OCH3 is 1. The first-order valence-electron chi connectivity index (χ1n) is 9.69. The van der Waals surface area contributed by atoms with Crippen LogP contribution in [0.4, 0.5) is 19.0 Å². The Kier molecular flexibility index (Phi) is 7.07. The Labute approximate surface area is 178 Å². The van der Waals surface area contributed by atoms with Gasteiger partial charge in [0.15, 0.2) is 0 Å². The number of pyridine rings is 1. The number of halogens is 4. The number of carbonyl (C=O) groups excluding carboxylic acids is 1. The molecule has 162 valence electrons. The van der Waals surface area contributed by atoms with Crippen molar-refractivity contribution in [2.24, 2.45) is 5.92 Å². The van der Waals surface area contributed by atoms with Gasteiger partial charge in [0, 0.05) is 18.7 Å². The number of nitrogens with one attached hydrogen (secondary N) is 2. The smallest absolute Gasteiger partial charge is 0.416 e. The van der Waals surface area contributed by atoms with Gasteiger partial charge in [0.05, 0.1) is 23.3 Å². The van der Waals surface area contributed by atoms with Gasteiger partial charge in [0.1, 0.15) is 5.82 Å². The van der Waals surface area contributed by atoms with Crippen LogP contribution in [0.15, 0.2) is 36.4 Å². The molecule has 0 atom stereocenters. The lowest BCUT2D eigenvalue weighted by Crippen LogP contribution is -2.38. The minimum Gasteiger partial charge on any atom is -0.481 e.